The molecule has 0 radical (unpaired) electrons. The van der Waals surface area contributed by atoms with E-state index in [9.17, 15) is 4.79 Å². The smallest absolute Gasteiger partial charge is 0.237 e. The number of nitrogens with zero attached hydrogens (tertiary/aromatic N) is 3. The zero-order valence-corrected chi connectivity index (χ0v) is 16.5. The highest BCUT2D eigenvalue weighted by atomic mass is 79.9. The molecule has 9 heteroatoms. The summed E-state index contributed by atoms with van der Waals surface area (Å²) in [5.41, 5.74) is 1.70. The fraction of sp³-hybridized carbons (Fsp3) is 0.222. The van der Waals surface area contributed by atoms with Gasteiger partial charge in [-0.2, -0.15) is 4.98 Å². The van der Waals surface area contributed by atoms with Gasteiger partial charge in [-0.25, -0.2) is 0 Å². The van der Waals surface area contributed by atoms with Crippen LogP contribution in [0.2, 0.25) is 0 Å². The molecule has 1 aliphatic heterocycles. The fourth-order valence-corrected chi connectivity index (χ4v) is 3.92. The third-order valence-electron chi connectivity index (χ3n) is 4.09. The topological polar surface area (TPSA) is 92.9 Å². The number of halogens is 1. The molecule has 3 aromatic rings. The molecule has 1 fully saturated rings. The Bertz CT molecular complexity index is 919. The molecule has 1 aromatic carbocycles. The Kier molecular flexibility index (Phi) is 5.51. The van der Waals surface area contributed by atoms with Crippen molar-refractivity contribution in [2.45, 2.75) is 23.7 Å². The molecule has 0 spiro atoms. The van der Waals surface area contributed by atoms with Gasteiger partial charge in [-0.05, 0) is 42.0 Å². The first-order valence-corrected chi connectivity index (χ1v) is 10.2. The first-order valence-electron chi connectivity index (χ1n) is 8.33. The number of rotatable bonds is 5. The molecule has 27 heavy (non-hydrogen) atoms. The average Bonchev–Trinajstić information content (AvgIpc) is 3.16. The molecule has 1 saturated heterocycles. The maximum Gasteiger partial charge on any atom is 0.237 e. The molecule has 0 bridgehead atoms. The van der Waals surface area contributed by atoms with Crippen LogP contribution in [0, 0.1) is 0 Å². The maximum atomic E-state index is 12.0. The average molecular weight is 446 g/mol. The maximum absolute atomic E-state index is 12.0. The van der Waals surface area contributed by atoms with E-state index in [0.717, 1.165) is 15.6 Å². The van der Waals surface area contributed by atoms with Crippen molar-refractivity contribution in [1.29, 1.82) is 0 Å². The molecule has 1 aliphatic rings. The summed E-state index contributed by atoms with van der Waals surface area (Å²) in [5, 5.41) is 10.4. The summed E-state index contributed by atoms with van der Waals surface area (Å²) in [6, 6.07) is 11.5. The van der Waals surface area contributed by atoms with Crippen molar-refractivity contribution >= 4 is 33.6 Å². The van der Waals surface area contributed by atoms with E-state index in [-0.39, 0.29) is 17.4 Å². The molecule has 0 saturated carbocycles. The number of nitrogens with one attached hydrogen (secondary N) is 2. The number of hydrogen-bond acceptors (Lipinski definition) is 7. The predicted molar refractivity (Wildman–Crippen MR) is 105 cm³/mol. The van der Waals surface area contributed by atoms with E-state index in [2.05, 4.69) is 41.7 Å². The second-order valence-electron chi connectivity index (χ2n) is 5.98. The van der Waals surface area contributed by atoms with Gasteiger partial charge in [-0.1, -0.05) is 21.1 Å². The molecule has 7 nitrogen and oxygen atoms in total. The highest BCUT2D eigenvalue weighted by Crippen LogP contribution is 2.25. The summed E-state index contributed by atoms with van der Waals surface area (Å²) in [6.45, 7) is 0. The molecule has 4 rings (SSSR count). The Morgan fingerprint density at radius 2 is 1.96 bits per heavy atom. The lowest BCUT2D eigenvalue weighted by atomic mass is 10.0. The predicted octanol–water partition coefficient (Wildman–Crippen LogP) is 3.26. The van der Waals surface area contributed by atoms with Crippen LogP contribution in [-0.4, -0.2) is 26.5 Å². The molecule has 138 valence electrons. The lowest BCUT2D eigenvalue weighted by Gasteiger charge is -2.31. The van der Waals surface area contributed by atoms with Crippen molar-refractivity contribution in [3.05, 3.63) is 64.7 Å². The number of hydrogen-bond donors (Lipinski definition) is 2. The van der Waals surface area contributed by atoms with Gasteiger partial charge in [0.05, 0.1) is 5.75 Å². The molecule has 2 aromatic heterocycles. The lowest BCUT2D eigenvalue weighted by Crippen LogP contribution is -2.50. The normalized spacial score (nSPS) is 19.7. The number of carbonyl (C=O) groups excluding carboxylic acids is 1. The van der Waals surface area contributed by atoms with Crippen LogP contribution < -0.4 is 10.6 Å². The van der Waals surface area contributed by atoms with Crippen LogP contribution >= 0.6 is 27.7 Å². The standard InChI is InChI=1S/C18H16BrN5O2S/c19-13-3-1-12(2-4-13)17-23-16(26-24-17)10-27-18-21-14(9-15(25)22-18)11-5-7-20-8-6-11/h1-8,14,18,21H,9-10H2,(H,22,25). The molecular formula is C18H16BrN5O2S. The van der Waals surface area contributed by atoms with E-state index in [1.165, 1.54) is 11.8 Å². The van der Waals surface area contributed by atoms with Gasteiger partial charge in [0.2, 0.25) is 17.6 Å². The second-order valence-corrected chi connectivity index (χ2v) is 7.99. The summed E-state index contributed by atoms with van der Waals surface area (Å²) in [7, 11) is 0. The van der Waals surface area contributed by atoms with Crippen LogP contribution in [0.25, 0.3) is 11.4 Å². The molecule has 2 atom stereocenters. The first kappa shape index (κ1) is 18.1. The van der Waals surface area contributed by atoms with Gasteiger partial charge in [0.25, 0.3) is 0 Å². The summed E-state index contributed by atoms with van der Waals surface area (Å²) in [4.78, 5) is 20.5. The van der Waals surface area contributed by atoms with Crippen LogP contribution in [0.3, 0.4) is 0 Å². The molecule has 3 heterocycles. The van der Waals surface area contributed by atoms with E-state index in [1.807, 2.05) is 36.4 Å². The lowest BCUT2D eigenvalue weighted by molar-refractivity contribution is -0.123. The Labute approximate surface area is 168 Å². The number of aromatic nitrogens is 3. The van der Waals surface area contributed by atoms with E-state index in [1.54, 1.807) is 12.4 Å². The summed E-state index contributed by atoms with van der Waals surface area (Å²) >= 11 is 4.91. The molecular weight excluding hydrogens is 430 g/mol. The van der Waals surface area contributed by atoms with E-state index >= 15 is 0 Å². The monoisotopic (exact) mass is 445 g/mol. The third-order valence-corrected chi connectivity index (χ3v) is 5.62. The van der Waals surface area contributed by atoms with E-state index in [0.29, 0.717) is 23.9 Å². The quantitative estimate of drug-likeness (QED) is 0.622. The van der Waals surface area contributed by atoms with Crippen LogP contribution in [0.4, 0.5) is 0 Å². The van der Waals surface area contributed by atoms with E-state index in [4.69, 9.17) is 4.52 Å². The van der Waals surface area contributed by atoms with E-state index < -0.39 is 0 Å². The van der Waals surface area contributed by atoms with Gasteiger partial charge in [0.15, 0.2) is 0 Å². The van der Waals surface area contributed by atoms with Crippen molar-refractivity contribution in [1.82, 2.24) is 25.8 Å². The Morgan fingerprint density at radius 3 is 2.74 bits per heavy atom. The number of pyridine rings is 1. The minimum atomic E-state index is -0.229. The van der Waals surface area contributed by atoms with Gasteiger partial charge in [-0.15, -0.1) is 11.8 Å². The Morgan fingerprint density at radius 1 is 1.19 bits per heavy atom. The summed E-state index contributed by atoms with van der Waals surface area (Å²) < 4.78 is 6.33. The highest BCUT2D eigenvalue weighted by Gasteiger charge is 2.27. The molecule has 2 N–H and O–H groups in total. The summed E-state index contributed by atoms with van der Waals surface area (Å²) in [5.74, 6) is 1.56. The van der Waals surface area contributed by atoms with Crippen molar-refractivity contribution < 1.29 is 9.32 Å². The molecule has 0 aliphatic carbocycles. The fourth-order valence-electron chi connectivity index (χ4n) is 2.76. The van der Waals surface area contributed by atoms with Crippen LogP contribution in [0.15, 0.2) is 57.8 Å². The highest BCUT2D eigenvalue weighted by molar-refractivity contribution is 9.10. The Balaban J connectivity index is 1.38. The van der Waals surface area contributed by atoms with Crippen molar-refractivity contribution in [3.63, 3.8) is 0 Å². The number of benzene rings is 1. The minimum Gasteiger partial charge on any atom is -0.338 e. The minimum absolute atomic E-state index is 0.00847. The van der Waals surface area contributed by atoms with Crippen molar-refractivity contribution in [2.75, 3.05) is 0 Å². The van der Waals surface area contributed by atoms with Crippen molar-refractivity contribution in [3.8, 4) is 11.4 Å². The van der Waals surface area contributed by atoms with Gasteiger partial charge in [0.1, 0.15) is 5.50 Å². The van der Waals surface area contributed by atoms with Gasteiger partial charge in [-0.3, -0.25) is 15.1 Å². The SMILES string of the molecule is O=C1CC(c2ccncc2)NC(SCc2nc(-c3ccc(Br)cc3)no2)N1. The Hall–Kier alpha value is -2.23. The third kappa shape index (κ3) is 4.55. The van der Waals surface area contributed by atoms with Gasteiger partial charge >= 0.3 is 0 Å². The van der Waals surface area contributed by atoms with Gasteiger partial charge < -0.3 is 9.84 Å². The largest absolute Gasteiger partial charge is 0.338 e. The number of amides is 1. The zero-order valence-electron chi connectivity index (χ0n) is 14.1. The summed E-state index contributed by atoms with van der Waals surface area (Å²) in [6.07, 6.45) is 3.86. The molecule has 1 amide bonds. The molecule has 2 unspecified atom stereocenters. The second kappa shape index (κ2) is 8.20. The zero-order chi connectivity index (χ0) is 18.6. The van der Waals surface area contributed by atoms with Crippen LogP contribution in [-0.2, 0) is 10.5 Å². The van der Waals surface area contributed by atoms with Crippen LogP contribution in [0.1, 0.15) is 23.9 Å². The van der Waals surface area contributed by atoms with Crippen LogP contribution in [0.5, 0.6) is 0 Å². The van der Waals surface area contributed by atoms with Gasteiger partial charge in [0, 0.05) is 34.9 Å². The first-order chi connectivity index (χ1) is 13.2. The number of carbonyl (C=O) groups is 1. The number of thioether (sulfide) groups is 1. The van der Waals surface area contributed by atoms with Crippen molar-refractivity contribution in [2.24, 2.45) is 0 Å².